The number of carbonyl (C=O) groups excluding carboxylic acids is 1. The van der Waals surface area contributed by atoms with Crippen molar-refractivity contribution >= 4 is 22.4 Å². The first-order valence-electron chi connectivity index (χ1n) is 7.30. The molecule has 0 atom stereocenters. The third-order valence-electron chi connectivity index (χ3n) is 3.21. The Bertz CT molecular complexity index is 861. The number of rotatable bonds is 6. The van der Waals surface area contributed by atoms with Gasteiger partial charge in [0, 0.05) is 17.1 Å². The van der Waals surface area contributed by atoms with Gasteiger partial charge in [0.15, 0.2) is 5.13 Å². The van der Waals surface area contributed by atoms with Gasteiger partial charge in [-0.25, -0.2) is 4.98 Å². The Hall–Kier alpha value is -2.81. The number of thiazole rings is 1. The second-order valence-corrected chi connectivity index (χ2v) is 6.00. The number of nitrogens with zero attached hydrogens (tertiary/aromatic N) is 3. The molecular weight excluding hydrogens is 350 g/mol. The highest BCUT2D eigenvalue weighted by molar-refractivity contribution is 7.14. The lowest BCUT2D eigenvalue weighted by atomic mass is 10.2. The van der Waals surface area contributed by atoms with Crippen LogP contribution in [0.1, 0.15) is 5.69 Å². The van der Waals surface area contributed by atoms with E-state index in [2.05, 4.69) is 20.1 Å². The van der Waals surface area contributed by atoms with Crippen LogP contribution in [0, 0.1) is 6.92 Å². The summed E-state index contributed by atoms with van der Waals surface area (Å²) < 4.78 is 30.1. The van der Waals surface area contributed by atoms with Crippen LogP contribution in [0.25, 0.3) is 11.3 Å². The van der Waals surface area contributed by atoms with Crippen molar-refractivity contribution in [2.24, 2.45) is 0 Å². The molecule has 0 aliphatic carbocycles. The summed E-state index contributed by atoms with van der Waals surface area (Å²) in [6, 6.07) is 7.96. The summed E-state index contributed by atoms with van der Waals surface area (Å²) >= 11 is 1.28. The van der Waals surface area contributed by atoms with Crippen molar-refractivity contribution in [3.8, 4) is 17.0 Å². The first-order valence-corrected chi connectivity index (χ1v) is 8.18. The fraction of sp³-hybridized carbons (Fsp3) is 0.188. The minimum absolute atomic E-state index is 0.0806. The lowest BCUT2D eigenvalue weighted by Gasteiger charge is -2.04. The maximum atomic E-state index is 12.1. The molecule has 1 N–H and O–H groups in total. The molecule has 0 saturated carbocycles. The maximum Gasteiger partial charge on any atom is 0.387 e. The number of hydrogen-bond donors (Lipinski definition) is 1. The number of alkyl halides is 2. The number of hydrogen-bond acceptors (Lipinski definition) is 5. The molecule has 0 bridgehead atoms. The molecular formula is C16H14F2N4O2S. The topological polar surface area (TPSA) is 69.0 Å². The predicted octanol–water partition coefficient (Wildman–Crippen LogP) is 3.56. The van der Waals surface area contributed by atoms with Crippen molar-refractivity contribution in [2.75, 3.05) is 5.32 Å². The Kier molecular flexibility index (Phi) is 5.03. The Balaban J connectivity index is 1.62. The van der Waals surface area contributed by atoms with E-state index in [1.165, 1.54) is 23.5 Å². The molecule has 0 fully saturated rings. The van der Waals surface area contributed by atoms with Crippen LogP contribution in [0.15, 0.2) is 41.9 Å². The van der Waals surface area contributed by atoms with Crippen LogP contribution in [0.3, 0.4) is 0 Å². The monoisotopic (exact) mass is 364 g/mol. The van der Waals surface area contributed by atoms with Crippen molar-refractivity contribution in [1.29, 1.82) is 0 Å². The zero-order chi connectivity index (χ0) is 17.8. The number of amides is 1. The standard InChI is InChI=1S/C16H14F2N4O2S/c1-10-6-7-22(21-10)8-14(23)20-16-19-13(9-25-16)11-2-4-12(5-3-11)24-15(17)18/h2-7,9,15H,8H2,1H3,(H,19,20,23). The van der Waals surface area contributed by atoms with E-state index in [4.69, 9.17) is 0 Å². The van der Waals surface area contributed by atoms with Gasteiger partial charge in [0.05, 0.1) is 11.4 Å². The van der Waals surface area contributed by atoms with Gasteiger partial charge >= 0.3 is 6.61 Å². The highest BCUT2D eigenvalue weighted by Crippen LogP contribution is 2.27. The van der Waals surface area contributed by atoms with Gasteiger partial charge in [0.2, 0.25) is 5.91 Å². The molecule has 0 aliphatic rings. The third-order valence-corrected chi connectivity index (χ3v) is 3.96. The van der Waals surface area contributed by atoms with Crippen LogP contribution in [-0.4, -0.2) is 27.3 Å². The number of benzene rings is 1. The predicted molar refractivity (Wildman–Crippen MR) is 89.8 cm³/mol. The van der Waals surface area contributed by atoms with Crippen LogP contribution in [-0.2, 0) is 11.3 Å². The van der Waals surface area contributed by atoms with Gasteiger partial charge in [-0.3, -0.25) is 9.48 Å². The van der Waals surface area contributed by atoms with Crippen LogP contribution >= 0.6 is 11.3 Å². The van der Waals surface area contributed by atoms with E-state index in [1.54, 1.807) is 28.4 Å². The van der Waals surface area contributed by atoms with Gasteiger partial charge < -0.3 is 10.1 Å². The largest absolute Gasteiger partial charge is 0.435 e. The molecule has 3 aromatic rings. The van der Waals surface area contributed by atoms with Gasteiger partial charge in [-0.15, -0.1) is 11.3 Å². The first kappa shape index (κ1) is 17.0. The van der Waals surface area contributed by atoms with Gasteiger partial charge in [-0.2, -0.15) is 13.9 Å². The summed E-state index contributed by atoms with van der Waals surface area (Å²) in [6.45, 7) is -0.910. The lowest BCUT2D eigenvalue weighted by Crippen LogP contribution is -2.19. The van der Waals surface area contributed by atoms with Crippen molar-refractivity contribution < 1.29 is 18.3 Å². The molecule has 0 spiro atoms. The van der Waals surface area contributed by atoms with Crippen LogP contribution in [0.4, 0.5) is 13.9 Å². The van der Waals surface area contributed by atoms with E-state index in [9.17, 15) is 13.6 Å². The van der Waals surface area contributed by atoms with E-state index in [0.717, 1.165) is 11.3 Å². The van der Waals surface area contributed by atoms with Crippen LogP contribution < -0.4 is 10.1 Å². The molecule has 1 amide bonds. The van der Waals surface area contributed by atoms with E-state index in [1.807, 2.05) is 13.0 Å². The van der Waals surface area contributed by atoms with Crippen molar-refractivity contribution in [2.45, 2.75) is 20.1 Å². The van der Waals surface area contributed by atoms with Crippen molar-refractivity contribution in [1.82, 2.24) is 14.8 Å². The molecule has 130 valence electrons. The van der Waals surface area contributed by atoms with E-state index in [-0.39, 0.29) is 18.2 Å². The molecule has 0 saturated heterocycles. The van der Waals surface area contributed by atoms with E-state index in [0.29, 0.717) is 10.8 Å². The van der Waals surface area contributed by atoms with E-state index < -0.39 is 6.61 Å². The lowest BCUT2D eigenvalue weighted by molar-refractivity contribution is -0.116. The average Bonchev–Trinajstić information content (AvgIpc) is 3.17. The molecule has 2 aromatic heterocycles. The van der Waals surface area contributed by atoms with E-state index >= 15 is 0 Å². The van der Waals surface area contributed by atoms with Crippen molar-refractivity contribution in [3.05, 3.63) is 47.6 Å². The van der Waals surface area contributed by atoms with Gasteiger partial charge in [0.25, 0.3) is 0 Å². The number of anilines is 1. The Morgan fingerprint density at radius 2 is 2.08 bits per heavy atom. The number of nitrogens with one attached hydrogen (secondary N) is 1. The first-order chi connectivity index (χ1) is 12.0. The molecule has 2 heterocycles. The van der Waals surface area contributed by atoms with Crippen LogP contribution in [0.5, 0.6) is 5.75 Å². The third kappa shape index (κ3) is 4.60. The summed E-state index contributed by atoms with van der Waals surface area (Å²) in [7, 11) is 0. The zero-order valence-corrected chi connectivity index (χ0v) is 14.0. The maximum absolute atomic E-state index is 12.1. The number of aryl methyl sites for hydroxylation is 1. The number of halogens is 2. The highest BCUT2D eigenvalue weighted by atomic mass is 32.1. The molecule has 1 aromatic carbocycles. The van der Waals surface area contributed by atoms with Crippen molar-refractivity contribution in [3.63, 3.8) is 0 Å². The molecule has 3 rings (SSSR count). The summed E-state index contributed by atoms with van der Waals surface area (Å²) in [5.74, 6) is -0.151. The summed E-state index contributed by atoms with van der Waals surface area (Å²) in [5, 5.41) is 9.09. The van der Waals surface area contributed by atoms with Gasteiger partial charge in [-0.05, 0) is 37.3 Å². The number of aromatic nitrogens is 3. The SMILES string of the molecule is Cc1ccn(CC(=O)Nc2nc(-c3ccc(OC(F)F)cc3)cs2)n1. The Labute approximate surface area is 146 Å². The smallest absolute Gasteiger partial charge is 0.387 e. The average molecular weight is 364 g/mol. The fourth-order valence-electron chi connectivity index (χ4n) is 2.13. The summed E-state index contributed by atoms with van der Waals surface area (Å²) in [5.41, 5.74) is 2.21. The molecule has 9 heteroatoms. The normalized spacial score (nSPS) is 10.9. The summed E-state index contributed by atoms with van der Waals surface area (Å²) in [4.78, 5) is 16.3. The zero-order valence-electron chi connectivity index (χ0n) is 13.1. The number of ether oxygens (including phenoxy) is 1. The molecule has 0 unspecified atom stereocenters. The quantitative estimate of drug-likeness (QED) is 0.726. The van der Waals surface area contributed by atoms with Gasteiger partial charge in [0.1, 0.15) is 12.3 Å². The minimum Gasteiger partial charge on any atom is -0.435 e. The summed E-state index contributed by atoms with van der Waals surface area (Å²) in [6.07, 6.45) is 1.73. The Morgan fingerprint density at radius 1 is 1.32 bits per heavy atom. The number of carbonyl (C=O) groups is 1. The fourth-order valence-corrected chi connectivity index (χ4v) is 2.86. The van der Waals surface area contributed by atoms with Crippen LogP contribution in [0.2, 0.25) is 0 Å². The molecule has 25 heavy (non-hydrogen) atoms. The second-order valence-electron chi connectivity index (χ2n) is 5.14. The van der Waals surface area contributed by atoms with Gasteiger partial charge in [-0.1, -0.05) is 0 Å². The minimum atomic E-state index is -2.86. The molecule has 0 aliphatic heterocycles. The highest BCUT2D eigenvalue weighted by Gasteiger charge is 2.10. The Morgan fingerprint density at radius 3 is 2.72 bits per heavy atom. The molecule has 6 nitrogen and oxygen atoms in total. The molecule has 0 radical (unpaired) electrons. The second kappa shape index (κ2) is 7.39.